The van der Waals surface area contributed by atoms with Crippen LogP contribution in [-0.4, -0.2) is 26.4 Å². The van der Waals surface area contributed by atoms with Crippen molar-refractivity contribution in [2.45, 2.75) is 13.5 Å². The molecule has 0 atom stereocenters. The third kappa shape index (κ3) is 3.28. The van der Waals surface area contributed by atoms with Gasteiger partial charge in [0.2, 0.25) is 10.0 Å². The molecule has 0 bridgehead atoms. The molecule has 3 N–H and O–H groups in total. The average molecular weight is 359 g/mol. The van der Waals surface area contributed by atoms with E-state index in [0.29, 0.717) is 11.4 Å². The number of hydrogen-bond acceptors (Lipinski definition) is 4. The standard InChI is InChI=1S/C18H21N3O3S/c1-4-21-16-11-14(24-2)9-10-15(16)17(19)18(21)12-5-7-13(8-6-12)20-25(3,22)23/h5-11,20H,4,19H2,1-3H3. The molecule has 0 saturated heterocycles. The van der Waals surface area contributed by atoms with E-state index in [1.54, 1.807) is 19.2 Å². The Morgan fingerprint density at radius 1 is 1.16 bits per heavy atom. The smallest absolute Gasteiger partial charge is 0.229 e. The van der Waals surface area contributed by atoms with Gasteiger partial charge in [-0.1, -0.05) is 12.1 Å². The molecule has 0 fully saturated rings. The van der Waals surface area contributed by atoms with Gasteiger partial charge in [-0.25, -0.2) is 8.42 Å². The number of aryl methyl sites for hydroxylation is 1. The fourth-order valence-corrected chi connectivity index (χ4v) is 3.60. The van der Waals surface area contributed by atoms with Gasteiger partial charge in [0, 0.05) is 29.2 Å². The van der Waals surface area contributed by atoms with Crippen molar-refractivity contribution < 1.29 is 13.2 Å². The zero-order valence-electron chi connectivity index (χ0n) is 14.4. The number of ether oxygens (including phenoxy) is 1. The summed E-state index contributed by atoms with van der Waals surface area (Å²) in [5.74, 6) is 0.777. The monoisotopic (exact) mass is 359 g/mol. The van der Waals surface area contributed by atoms with E-state index in [9.17, 15) is 8.42 Å². The molecule has 3 aromatic rings. The molecule has 0 unspecified atom stereocenters. The van der Waals surface area contributed by atoms with E-state index in [1.165, 1.54) is 0 Å². The van der Waals surface area contributed by atoms with Gasteiger partial charge in [0.25, 0.3) is 0 Å². The van der Waals surface area contributed by atoms with Gasteiger partial charge in [-0.15, -0.1) is 0 Å². The number of aromatic nitrogens is 1. The first-order chi connectivity index (χ1) is 11.8. The second-order valence-corrected chi connectivity index (χ2v) is 7.59. The Hall–Kier alpha value is -2.67. The summed E-state index contributed by atoms with van der Waals surface area (Å²) in [5, 5.41) is 0.969. The fraction of sp³-hybridized carbons (Fsp3) is 0.222. The summed E-state index contributed by atoms with van der Waals surface area (Å²) >= 11 is 0. The number of nitrogens with zero attached hydrogens (tertiary/aromatic N) is 1. The van der Waals surface area contributed by atoms with Crippen LogP contribution in [0.5, 0.6) is 5.75 Å². The van der Waals surface area contributed by atoms with Crippen molar-refractivity contribution >= 4 is 32.3 Å². The molecule has 0 radical (unpaired) electrons. The zero-order valence-corrected chi connectivity index (χ0v) is 15.2. The molecule has 132 valence electrons. The summed E-state index contributed by atoms with van der Waals surface area (Å²) in [6.07, 6.45) is 1.13. The number of nitrogens with one attached hydrogen (secondary N) is 1. The highest BCUT2D eigenvalue weighted by atomic mass is 32.2. The van der Waals surface area contributed by atoms with Crippen molar-refractivity contribution in [3.63, 3.8) is 0 Å². The van der Waals surface area contributed by atoms with Gasteiger partial charge in [0.05, 0.1) is 30.3 Å². The van der Waals surface area contributed by atoms with Gasteiger partial charge < -0.3 is 15.0 Å². The van der Waals surface area contributed by atoms with E-state index in [4.69, 9.17) is 10.5 Å². The van der Waals surface area contributed by atoms with Gasteiger partial charge in [0.15, 0.2) is 0 Å². The van der Waals surface area contributed by atoms with Crippen LogP contribution in [0.15, 0.2) is 42.5 Å². The molecule has 7 heteroatoms. The summed E-state index contributed by atoms with van der Waals surface area (Å²) in [4.78, 5) is 0. The van der Waals surface area contributed by atoms with E-state index in [1.807, 2.05) is 30.3 Å². The van der Waals surface area contributed by atoms with Crippen LogP contribution in [-0.2, 0) is 16.6 Å². The summed E-state index contributed by atoms with van der Waals surface area (Å²) in [5.41, 5.74) is 10.5. The Kier molecular flexibility index (Phi) is 4.34. The van der Waals surface area contributed by atoms with E-state index >= 15 is 0 Å². The number of hydrogen-bond donors (Lipinski definition) is 2. The normalized spacial score (nSPS) is 11.6. The second-order valence-electron chi connectivity index (χ2n) is 5.84. The predicted molar refractivity (Wildman–Crippen MR) is 102 cm³/mol. The maximum atomic E-state index is 11.3. The average Bonchev–Trinajstić information content (AvgIpc) is 2.85. The Morgan fingerprint density at radius 3 is 2.40 bits per heavy atom. The van der Waals surface area contributed by atoms with E-state index in [2.05, 4.69) is 16.2 Å². The van der Waals surface area contributed by atoms with E-state index < -0.39 is 10.0 Å². The van der Waals surface area contributed by atoms with Crippen molar-refractivity contribution in [1.29, 1.82) is 0 Å². The Morgan fingerprint density at radius 2 is 1.84 bits per heavy atom. The van der Waals surface area contributed by atoms with Crippen molar-refractivity contribution in [2.75, 3.05) is 23.8 Å². The first-order valence-corrected chi connectivity index (χ1v) is 9.77. The van der Waals surface area contributed by atoms with E-state index in [0.717, 1.165) is 40.7 Å². The first-order valence-electron chi connectivity index (χ1n) is 7.88. The number of nitrogen functional groups attached to an aromatic ring is 1. The van der Waals surface area contributed by atoms with Crippen LogP contribution < -0.4 is 15.2 Å². The Bertz CT molecular complexity index is 1020. The fourth-order valence-electron chi connectivity index (χ4n) is 3.03. The molecule has 1 heterocycles. The summed E-state index contributed by atoms with van der Waals surface area (Å²) in [6, 6.07) is 13.0. The molecule has 0 aliphatic heterocycles. The van der Waals surface area contributed by atoms with Crippen LogP contribution in [0.1, 0.15) is 6.92 Å². The number of rotatable bonds is 5. The van der Waals surface area contributed by atoms with Crippen LogP contribution in [0.3, 0.4) is 0 Å². The van der Waals surface area contributed by atoms with Crippen LogP contribution in [0.25, 0.3) is 22.2 Å². The molecular weight excluding hydrogens is 338 g/mol. The first kappa shape index (κ1) is 17.2. The molecule has 0 spiro atoms. The largest absolute Gasteiger partial charge is 0.497 e. The van der Waals surface area contributed by atoms with Gasteiger partial charge in [-0.2, -0.15) is 0 Å². The third-order valence-electron chi connectivity index (χ3n) is 4.09. The van der Waals surface area contributed by atoms with Gasteiger partial charge in [-0.05, 0) is 31.2 Å². The van der Waals surface area contributed by atoms with Crippen molar-refractivity contribution in [3.8, 4) is 17.0 Å². The summed E-state index contributed by atoms with van der Waals surface area (Å²) in [7, 11) is -1.66. The highest BCUT2D eigenvalue weighted by Crippen LogP contribution is 2.37. The minimum Gasteiger partial charge on any atom is -0.497 e. The number of sulfonamides is 1. The Labute approximate surface area is 147 Å². The number of methoxy groups -OCH3 is 1. The molecule has 0 saturated carbocycles. The SMILES string of the molecule is CCn1c(-c2ccc(NS(C)(=O)=O)cc2)c(N)c2ccc(OC)cc21. The van der Waals surface area contributed by atoms with Crippen molar-refractivity contribution in [3.05, 3.63) is 42.5 Å². The lowest BCUT2D eigenvalue weighted by Crippen LogP contribution is -2.09. The number of fused-ring (bicyclic) bond motifs is 1. The maximum absolute atomic E-state index is 11.3. The molecule has 3 rings (SSSR count). The maximum Gasteiger partial charge on any atom is 0.229 e. The van der Waals surface area contributed by atoms with Crippen LogP contribution in [0, 0.1) is 0 Å². The summed E-state index contributed by atoms with van der Waals surface area (Å²) < 4.78 is 32.6. The van der Waals surface area contributed by atoms with Crippen LogP contribution in [0.2, 0.25) is 0 Å². The molecule has 0 aliphatic carbocycles. The van der Waals surface area contributed by atoms with Crippen molar-refractivity contribution in [1.82, 2.24) is 4.57 Å². The number of benzene rings is 2. The van der Waals surface area contributed by atoms with Gasteiger partial charge in [-0.3, -0.25) is 4.72 Å². The topological polar surface area (TPSA) is 86.4 Å². The molecule has 2 aromatic carbocycles. The molecule has 25 heavy (non-hydrogen) atoms. The van der Waals surface area contributed by atoms with Crippen LogP contribution >= 0.6 is 0 Å². The molecular formula is C18H21N3O3S. The second kappa shape index (κ2) is 6.33. The van der Waals surface area contributed by atoms with Crippen molar-refractivity contribution in [2.24, 2.45) is 0 Å². The third-order valence-corrected chi connectivity index (χ3v) is 4.70. The summed E-state index contributed by atoms with van der Waals surface area (Å²) in [6.45, 7) is 2.81. The Balaban J connectivity index is 2.13. The number of anilines is 2. The lowest BCUT2D eigenvalue weighted by atomic mass is 10.1. The molecule has 6 nitrogen and oxygen atoms in total. The highest BCUT2D eigenvalue weighted by molar-refractivity contribution is 7.92. The number of nitrogens with two attached hydrogens (primary N) is 1. The molecule has 0 amide bonds. The minimum absolute atomic E-state index is 0.519. The zero-order chi connectivity index (χ0) is 18.2. The van der Waals surface area contributed by atoms with Crippen LogP contribution in [0.4, 0.5) is 11.4 Å². The quantitative estimate of drug-likeness (QED) is 0.732. The molecule has 0 aliphatic rings. The van der Waals surface area contributed by atoms with E-state index in [-0.39, 0.29) is 0 Å². The lowest BCUT2D eigenvalue weighted by Gasteiger charge is -2.10. The lowest BCUT2D eigenvalue weighted by molar-refractivity contribution is 0.415. The highest BCUT2D eigenvalue weighted by Gasteiger charge is 2.16. The molecule has 1 aromatic heterocycles. The van der Waals surface area contributed by atoms with Gasteiger partial charge in [0.1, 0.15) is 5.75 Å². The predicted octanol–water partition coefficient (Wildman–Crippen LogP) is 3.29. The van der Waals surface area contributed by atoms with Gasteiger partial charge >= 0.3 is 0 Å². The minimum atomic E-state index is -3.30.